The van der Waals surface area contributed by atoms with Crippen molar-refractivity contribution in [3.8, 4) is 0 Å². The van der Waals surface area contributed by atoms with Gasteiger partial charge < -0.3 is 9.64 Å². The van der Waals surface area contributed by atoms with Gasteiger partial charge in [-0.2, -0.15) is 0 Å². The monoisotopic (exact) mass is 462 g/mol. The SMILES string of the molecule is COC(=O)c1ccc(C2Cc3ccccc3N(CCCCCN3C(C)CCCC3C)C2=O)cc1. The number of carbonyl (C=O) groups excluding carboxylic acids is 2. The fourth-order valence-electron chi connectivity index (χ4n) is 5.68. The second-order valence-corrected chi connectivity index (χ2v) is 9.92. The number of carbonyl (C=O) groups is 2. The van der Waals surface area contributed by atoms with Gasteiger partial charge in [0.05, 0.1) is 18.6 Å². The van der Waals surface area contributed by atoms with Crippen LogP contribution in [-0.2, 0) is 16.0 Å². The molecule has 0 N–H and O–H groups in total. The van der Waals surface area contributed by atoms with Gasteiger partial charge >= 0.3 is 5.97 Å². The number of fused-ring (bicyclic) bond motifs is 1. The van der Waals surface area contributed by atoms with Gasteiger partial charge in [-0.3, -0.25) is 9.69 Å². The topological polar surface area (TPSA) is 49.9 Å². The minimum Gasteiger partial charge on any atom is -0.465 e. The van der Waals surface area contributed by atoms with Crippen molar-refractivity contribution >= 4 is 17.6 Å². The fourth-order valence-corrected chi connectivity index (χ4v) is 5.68. The lowest BCUT2D eigenvalue weighted by Crippen LogP contribution is -2.44. The highest BCUT2D eigenvalue weighted by Gasteiger charge is 2.33. The predicted molar refractivity (Wildman–Crippen MR) is 136 cm³/mol. The van der Waals surface area contributed by atoms with Crippen molar-refractivity contribution in [2.75, 3.05) is 25.1 Å². The first-order chi connectivity index (χ1) is 16.5. The number of ether oxygens (including phenoxy) is 1. The normalized spacial score (nSPS) is 23.0. The number of esters is 1. The minimum atomic E-state index is -0.359. The van der Waals surface area contributed by atoms with Gasteiger partial charge in [-0.1, -0.05) is 43.2 Å². The van der Waals surface area contributed by atoms with Gasteiger partial charge in [0.15, 0.2) is 0 Å². The Kier molecular flexibility index (Phi) is 8.04. The molecule has 2 heterocycles. The molecule has 0 radical (unpaired) electrons. The molecule has 2 aliphatic heterocycles. The molecule has 5 heteroatoms. The first kappa shape index (κ1) is 24.5. The summed E-state index contributed by atoms with van der Waals surface area (Å²) in [6, 6.07) is 16.9. The van der Waals surface area contributed by atoms with Gasteiger partial charge in [0, 0.05) is 24.3 Å². The van der Waals surface area contributed by atoms with Crippen LogP contribution in [0.25, 0.3) is 0 Å². The highest BCUT2D eigenvalue weighted by Crippen LogP contribution is 2.36. The Hall–Kier alpha value is -2.66. The Morgan fingerprint density at radius 2 is 1.62 bits per heavy atom. The van der Waals surface area contributed by atoms with E-state index < -0.39 is 0 Å². The average molecular weight is 463 g/mol. The van der Waals surface area contributed by atoms with Gasteiger partial charge in [0.2, 0.25) is 5.91 Å². The molecule has 0 saturated carbocycles. The maximum atomic E-state index is 13.6. The molecule has 182 valence electrons. The first-order valence-electron chi connectivity index (χ1n) is 12.8. The first-order valence-corrected chi connectivity index (χ1v) is 12.8. The van der Waals surface area contributed by atoms with Crippen molar-refractivity contribution in [1.29, 1.82) is 0 Å². The van der Waals surface area contributed by atoms with Crippen LogP contribution in [-0.4, -0.2) is 49.1 Å². The lowest BCUT2D eigenvalue weighted by atomic mass is 9.86. The number of benzene rings is 2. The molecular formula is C29H38N2O3. The van der Waals surface area contributed by atoms with Crippen LogP contribution in [0.4, 0.5) is 5.69 Å². The van der Waals surface area contributed by atoms with Gasteiger partial charge in [0.1, 0.15) is 0 Å². The number of hydrogen-bond acceptors (Lipinski definition) is 4. The Morgan fingerprint density at radius 3 is 2.32 bits per heavy atom. The Labute approximate surface area is 204 Å². The van der Waals surface area contributed by atoms with Crippen LogP contribution in [0.5, 0.6) is 0 Å². The number of unbranched alkanes of at least 4 members (excludes halogenated alkanes) is 2. The lowest BCUT2D eigenvalue weighted by molar-refractivity contribution is -0.120. The zero-order valence-electron chi connectivity index (χ0n) is 20.8. The van der Waals surface area contributed by atoms with Crippen LogP contribution in [0.1, 0.15) is 79.8 Å². The van der Waals surface area contributed by atoms with E-state index in [4.69, 9.17) is 4.74 Å². The van der Waals surface area contributed by atoms with Crippen molar-refractivity contribution in [3.05, 3.63) is 65.2 Å². The van der Waals surface area contributed by atoms with Crippen molar-refractivity contribution in [2.24, 2.45) is 0 Å². The molecule has 34 heavy (non-hydrogen) atoms. The predicted octanol–water partition coefficient (Wildman–Crippen LogP) is 5.58. The van der Waals surface area contributed by atoms with E-state index in [1.165, 1.54) is 38.4 Å². The van der Waals surface area contributed by atoms with Crippen LogP contribution >= 0.6 is 0 Å². The highest BCUT2D eigenvalue weighted by molar-refractivity contribution is 6.01. The van der Waals surface area contributed by atoms with Gasteiger partial charge in [-0.15, -0.1) is 0 Å². The average Bonchev–Trinajstić information content (AvgIpc) is 2.86. The minimum absolute atomic E-state index is 0.155. The molecule has 5 nitrogen and oxygen atoms in total. The Bertz CT molecular complexity index is 977. The maximum Gasteiger partial charge on any atom is 0.337 e. The largest absolute Gasteiger partial charge is 0.465 e. The molecule has 0 spiro atoms. The fraction of sp³-hybridized carbons (Fsp3) is 0.517. The van der Waals surface area contributed by atoms with Crippen molar-refractivity contribution in [3.63, 3.8) is 0 Å². The number of likely N-dealkylation sites (tertiary alicyclic amines) is 1. The van der Waals surface area contributed by atoms with E-state index in [-0.39, 0.29) is 17.8 Å². The van der Waals surface area contributed by atoms with Crippen LogP contribution in [0, 0.1) is 0 Å². The van der Waals surface area contributed by atoms with E-state index in [2.05, 4.69) is 30.9 Å². The molecule has 0 bridgehead atoms. The number of amides is 1. The summed E-state index contributed by atoms with van der Waals surface area (Å²) in [5.41, 5.74) is 3.71. The van der Waals surface area contributed by atoms with E-state index in [1.807, 2.05) is 29.2 Å². The third kappa shape index (κ3) is 5.35. The molecule has 1 amide bonds. The van der Waals surface area contributed by atoms with E-state index in [0.29, 0.717) is 24.1 Å². The number of hydrogen-bond donors (Lipinski definition) is 0. The van der Waals surface area contributed by atoms with Gasteiger partial charge in [0.25, 0.3) is 0 Å². The maximum absolute atomic E-state index is 13.6. The van der Waals surface area contributed by atoms with Crippen LogP contribution in [0.15, 0.2) is 48.5 Å². The summed E-state index contributed by atoms with van der Waals surface area (Å²) in [5.74, 6) is -0.429. The van der Waals surface area contributed by atoms with Gasteiger partial charge in [-0.25, -0.2) is 4.79 Å². The van der Waals surface area contributed by atoms with Gasteiger partial charge in [-0.05, 0) is 81.8 Å². The number of nitrogens with zero attached hydrogens (tertiary/aromatic N) is 2. The van der Waals surface area contributed by atoms with Crippen molar-refractivity contribution in [1.82, 2.24) is 4.90 Å². The summed E-state index contributed by atoms with van der Waals surface area (Å²) >= 11 is 0. The summed E-state index contributed by atoms with van der Waals surface area (Å²) in [6.07, 6.45) is 7.97. The number of rotatable bonds is 8. The molecule has 3 unspecified atom stereocenters. The molecule has 2 aliphatic rings. The second kappa shape index (κ2) is 11.2. The second-order valence-electron chi connectivity index (χ2n) is 9.92. The third-order valence-electron chi connectivity index (χ3n) is 7.68. The molecule has 0 aliphatic carbocycles. The lowest BCUT2D eigenvalue weighted by Gasteiger charge is -2.39. The zero-order chi connectivity index (χ0) is 24.1. The molecule has 2 aromatic rings. The Morgan fingerprint density at radius 1 is 0.941 bits per heavy atom. The standard InChI is InChI=1S/C29H38N2O3/c1-21-10-9-11-22(2)30(21)18-7-4-8-19-31-27-13-6-5-12-25(27)20-26(28(31)32)23-14-16-24(17-15-23)29(33)34-3/h5-6,12-17,21-22,26H,4,7-11,18-20H2,1-3H3. The van der Waals surface area contributed by atoms with E-state index in [0.717, 1.165) is 37.2 Å². The molecule has 1 fully saturated rings. The number of para-hydroxylation sites is 1. The van der Waals surface area contributed by atoms with E-state index >= 15 is 0 Å². The number of anilines is 1. The smallest absolute Gasteiger partial charge is 0.337 e. The zero-order valence-corrected chi connectivity index (χ0v) is 20.8. The molecule has 4 rings (SSSR count). The highest BCUT2D eigenvalue weighted by atomic mass is 16.5. The summed E-state index contributed by atoms with van der Waals surface area (Å²) in [6.45, 7) is 6.62. The summed E-state index contributed by atoms with van der Waals surface area (Å²) in [4.78, 5) is 30.0. The molecular weight excluding hydrogens is 424 g/mol. The summed E-state index contributed by atoms with van der Waals surface area (Å²) in [5, 5.41) is 0. The van der Waals surface area contributed by atoms with E-state index in [9.17, 15) is 9.59 Å². The summed E-state index contributed by atoms with van der Waals surface area (Å²) in [7, 11) is 1.38. The molecule has 0 aromatic heterocycles. The van der Waals surface area contributed by atoms with Crippen LogP contribution in [0.3, 0.4) is 0 Å². The van der Waals surface area contributed by atoms with Crippen LogP contribution in [0.2, 0.25) is 0 Å². The Balaban J connectivity index is 1.40. The number of methoxy groups -OCH3 is 1. The van der Waals surface area contributed by atoms with Crippen LogP contribution < -0.4 is 4.90 Å². The molecule has 3 atom stereocenters. The van der Waals surface area contributed by atoms with Crippen molar-refractivity contribution in [2.45, 2.75) is 76.8 Å². The van der Waals surface area contributed by atoms with E-state index in [1.54, 1.807) is 12.1 Å². The number of piperidine rings is 1. The summed E-state index contributed by atoms with van der Waals surface area (Å²) < 4.78 is 4.80. The quantitative estimate of drug-likeness (QED) is 0.380. The molecule has 2 aromatic carbocycles. The molecule has 1 saturated heterocycles. The van der Waals surface area contributed by atoms with Crippen molar-refractivity contribution < 1.29 is 14.3 Å². The third-order valence-corrected chi connectivity index (χ3v) is 7.68.